The van der Waals surface area contributed by atoms with E-state index in [4.69, 9.17) is 5.11 Å². The van der Waals surface area contributed by atoms with Gasteiger partial charge in [0.1, 0.15) is 5.82 Å². The third-order valence-electron chi connectivity index (χ3n) is 3.48. The van der Waals surface area contributed by atoms with Crippen molar-refractivity contribution >= 4 is 27.5 Å². The van der Waals surface area contributed by atoms with Crippen molar-refractivity contribution in [3.05, 3.63) is 28.5 Å². The summed E-state index contributed by atoms with van der Waals surface area (Å²) in [5, 5.41) is 11.5. The van der Waals surface area contributed by atoms with E-state index in [2.05, 4.69) is 21.2 Å². The van der Waals surface area contributed by atoms with Gasteiger partial charge in [0, 0.05) is 17.6 Å². The molecule has 0 radical (unpaired) electrons. The Morgan fingerprint density at radius 1 is 1.55 bits per heavy atom. The Hall–Kier alpha value is -0.980. The molecule has 1 aromatic rings. The van der Waals surface area contributed by atoms with Crippen LogP contribution in [0.5, 0.6) is 0 Å². The summed E-state index contributed by atoms with van der Waals surface area (Å²) >= 11 is 3.17. The summed E-state index contributed by atoms with van der Waals surface area (Å²) < 4.78 is 14.2. The van der Waals surface area contributed by atoms with Crippen molar-refractivity contribution in [3.63, 3.8) is 0 Å². The molecular weight excluding hydrogens is 327 g/mol. The Morgan fingerprint density at radius 2 is 2.35 bits per heavy atom. The van der Waals surface area contributed by atoms with Crippen LogP contribution in [0.15, 0.2) is 22.7 Å². The number of hydrogen-bond donors (Lipinski definition) is 2. The molecule has 1 aliphatic rings. The minimum absolute atomic E-state index is 0.189. The number of rotatable bonds is 5. The number of carbonyl (C=O) groups is 1. The van der Waals surface area contributed by atoms with Crippen molar-refractivity contribution in [2.24, 2.45) is 5.92 Å². The van der Waals surface area contributed by atoms with Crippen molar-refractivity contribution in [2.45, 2.75) is 12.8 Å². The quantitative estimate of drug-likeness (QED) is 0.861. The van der Waals surface area contributed by atoms with E-state index in [1.54, 1.807) is 6.07 Å². The molecule has 0 spiro atoms. The Labute approximate surface area is 126 Å². The van der Waals surface area contributed by atoms with Gasteiger partial charge in [-0.25, -0.2) is 4.39 Å². The van der Waals surface area contributed by atoms with E-state index >= 15 is 0 Å². The summed E-state index contributed by atoms with van der Waals surface area (Å²) in [5.74, 6) is -0.208. The fraction of sp³-hybridized carbons (Fsp3) is 0.500. The lowest BCUT2D eigenvalue weighted by Gasteiger charge is -2.15. The SMILES string of the molecule is O=C(CN1CCC(CCO)C1)Nc1ccc(Br)cc1F. The molecule has 1 aromatic carbocycles. The molecule has 0 saturated carbocycles. The number of anilines is 1. The number of aliphatic hydroxyl groups excluding tert-OH is 1. The average Bonchev–Trinajstić information content (AvgIpc) is 2.81. The first-order valence-electron chi connectivity index (χ1n) is 6.66. The fourth-order valence-corrected chi connectivity index (χ4v) is 2.79. The van der Waals surface area contributed by atoms with E-state index in [1.807, 2.05) is 4.90 Å². The Bertz CT molecular complexity index is 484. The molecule has 1 heterocycles. The molecule has 2 rings (SSSR count). The Morgan fingerprint density at radius 3 is 3.05 bits per heavy atom. The van der Waals surface area contributed by atoms with E-state index in [1.165, 1.54) is 12.1 Å². The Kier molecular flexibility index (Phi) is 5.51. The number of benzene rings is 1. The van der Waals surface area contributed by atoms with Gasteiger partial charge in [-0.05, 0) is 43.5 Å². The molecule has 0 bridgehead atoms. The molecule has 1 atom stereocenters. The summed E-state index contributed by atoms with van der Waals surface area (Å²) in [7, 11) is 0. The zero-order valence-electron chi connectivity index (χ0n) is 11.1. The molecule has 1 fully saturated rings. The van der Waals surface area contributed by atoms with Gasteiger partial charge in [0.2, 0.25) is 5.91 Å². The van der Waals surface area contributed by atoms with Crippen LogP contribution in [0.3, 0.4) is 0 Å². The normalized spacial score (nSPS) is 19.2. The molecule has 6 heteroatoms. The van der Waals surface area contributed by atoms with Gasteiger partial charge in [-0.2, -0.15) is 0 Å². The molecule has 1 unspecified atom stereocenters. The van der Waals surface area contributed by atoms with Crippen LogP contribution in [0.2, 0.25) is 0 Å². The monoisotopic (exact) mass is 344 g/mol. The maximum Gasteiger partial charge on any atom is 0.238 e. The molecule has 1 aliphatic heterocycles. The van der Waals surface area contributed by atoms with Gasteiger partial charge in [-0.3, -0.25) is 9.69 Å². The highest BCUT2D eigenvalue weighted by Gasteiger charge is 2.23. The summed E-state index contributed by atoms with van der Waals surface area (Å²) in [5.41, 5.74) is 0.198. The standard InChI is InChI=1S/C14H18BrFN2O2/c15-11-1-2-13(12(16)7-11)17-14(20)9-18-5-3-10(8-18)4-6-19/h1-2,7,10,19H,3-6,8-9H2,(H,17,20). The van der Waals surface area contributed by atoms with Crippen LogP contribution < -0.4 is 5.32 Å². The predicted octanol–water partition coefficient (Wildman–Crippen LogP) is 2.23. The minimum atomic E-state index is -0.452. The fourth-order valence-electron chi connectivity index (χ4n) is 2.46. The van der Waals surface area contributed by atoms with Crippen molar-refractivity contribution in [1.82, 2.24) is 4.90 Å². The van der Waals surface area contributed by atoms with Crippen molar-refractivity contribution < 1.29 is 14.3 Å². The van der Waals surface area contributed by atoms with Crippen molar-refractivity contribution in [2.75, 3.05) is 31.6 Å². The first kappa shape index (κ1) is 15.4. The molecule has 110 valence electrons. The molecule has 20 heavy (non-hydrogen) atoms. The largest absolute Gasteiger partial charge is 0.396 e. The van der Waals surface area contributed by atoms with Gasteiger partial charge >= 0.3 is 0 Å². The second kappa shape index (κ2) is 7.15. The highest BCUT2D eigenvalue weighted by atomic mass is 79.9. The second-order valence-corrected chi connectivity index (χ2v) is 5.99. The van der Waals surface area contributed by atoms with Crippen LogP contribution >= 0.6 is 15.9 Å². The smallest absolute Gasteiger partial charge is 0.238 e. The van der Waals surface area contributed by atoms with Crippen LogP contribution in [-0.2, 0) is 4.79 Å². The van der Waals surface area contributed by atoms with E-state index in [0.717, 1.165) is 25.9 Å². The lowest BCUT2D eigenvalue weighted by Crippen LogP contribution is -2.31. The molecule has 0 aromatic heterocycles. The third kappa shape index (κ3) is 4.26. The van der Waals surface area contributed by atoms with Crippen molar-refractivity contribution in [3.8, 4) is 0 Å². The number of nitrogens with one attached hydrogen (secondary N) is 1. The van der Waals surface area contributed by atoms with Gasteiger partial charge in [0.15, 0.2) is 0 Å². The molecule has 0 aliphatic carbocycles. The number of hydrogen-bond acceptors (Lipinski definition) is 3. The van der Waals surface area contributed by atoms with E-state index in [0.29, 0.717) is 10.4 Å². The first-order valence-corrected chi connectivity index (χ1v) is 7.46. The van der Waals surface area contributed by atoms with Crippen molar-refractivity contribution in [1.29, 1.82) is 0 Å². The number of carbonyl (C=O) groups excluding carboxylic acids is 1. The summed E-state index contributed by atoms with van der Waals surface area (Å²) in [6.07, 6.45) is 1.78. The summed E-state index contributed by atoms with van der Waals surface area (Å²) in [6.45, 7) is 2.12. The lowest BCUT2D eigenvalue weighted by molar-refractivity contribution is -0.117. The number of likely N-dealkylation sites (tertiary alicyclic amines) is 1. The van der Waals surface area contributed by atoms with Gasteiger partial charge in [0.05, 0.1) is 12.2 Å². The third-order valence-corrected chi connectivity index (χ3v) is 3.97. The summed E-state index contributed by atoms with van der Waals surface area (Å²) in [6, 6.07) is 4.55. The molecule has 2 N–H and O–H groups in total. The maximum absolute atomic E-state index is 13.6. The summed E-state index contributed by atoms with van der Waals surface area (Å²) in [4.78, 5) is 13.9. The number of nitrogens with zero attached hydrogens (tertiary/aromatic N) is 1. The van der Waals surface area contributed by atoms with E-state index < -0.39 is 5.82 Å². The average molecular weight is 345 g/mol. The number of amides is 1. The number of halogens is 2. The number of aliphatic hydroxyl groups is 1. The highest BCUT2D eigenvalue weighted by Crippen LogP contribution is 2.21. The van der Waals surface area contributed by atoms with Crippen LogP contribution in [0.25, 0.3) is 0 Å². The van der Waals surface area contributed by atoms with Crippen LogP contribution in [0.4, 0.5) is 10.1 Å². The second-order valence-electron chi connectivity index (χ2n) is 5.07. The van der Waals surface area contributed by atoms with E-state index in [9.17, 15) is 9.18 Å². The zero-order valence-corrected chi connectivity index (χ0v) is 12.7. The van der Waals surface area contributed by atoms with E-state index in [-0.39, 0.29) is 24.7 Å². The van der Waals surface area contributed by atoms with Crippen LogP contribution in [0.1, 0.15) is 12.8 Å². The molecule has 4 nitrogen and oxygen atoms in total. The Balaban J connectivity index is 1.84. The lowest BCUT2D eigenvalue weighted by atomic mass is 10.1. The van der Waals surface area contributed by atoms with Gasteiger partial charge in [0.25, 0.3) is 0 Å². The van der Waals surface area contributed by atoms with Gasteiger partial charge in [-0.1, -0.05) is 15.9 Å². The predicted molar refractivity (Wildman–Crippen MR) is 79.0 cm³/mol. The first-order chi connectivity index (χ1) is 9.58. The molecule has 1 saturated heterocycles. The topological polar surface area (TPSA) is 52.6 Å². The van der Waals surface area contributed by atoms with Gasteiger partial charge < -0.3 is 10.4 Å². The zero-order chi connectivity index (χ0) is 14.5. The molecular formula is C14H18BrFN2O2. The maximum atomic E-state index is 13.6. The highest BCUT2D eigenvalue weighted by molar-refractivity contribution is 9.10. The minimum Gasteiger partial charge on any atom is -0.396 e. The van der Waals surface area contributed by atoms with Crippen LogP contribution in [0, 0.1) is 11.7 Å². The van der Waals surface area contributed by atoms with Gasteiger partial charge in [-0.15, -0.1) is 0 Å². The van der Waals surface area contributed by atoms with Crippen LogP contribution in [-0.4, -0.2) is 42.2 Å². The molecule has 1 amide bonds.